The maximum Gasteiger partial charge on any atom is 0.0985 e. The lowest BCUT2D eigenvalue weighted by Crippen LogP contribution is -1.85. The molecule has 2 aromatic heterocycles. The second-order valence-electron chi connectivity index (χ2n) is 3.40. The molecule has 3 nitrogen and oxygen atoms in total. The molecule has 15 heavy (non-hydrogen) atoms. The van der Waals surface area contributed by atoms with Gasteiger partial charge in [0.15, 0.2) is 0 Å². The van der Waals surface area contributed by atoms with E-state index in [1.807, 2.05) is 30.3 Å². The molecule has 0 amide bonds. The molecule has 3 aromatic rings. The number of nitrogens with one attached hydrogen (secondary N) is 1. The Kier molecular flexibility index (Phi) is 1.59. The van der Waals surface area contributed by atoms with Gasteiger partial charge in [-0.25, -0.2) is 0 Å². The number of nitrogens with zero attached hydrogens (tertiary/aromatic N) is 2. The van der Waals surface area contributed by atoms with Crippen molar-refractivity contribution in [2.45, 2.75) is 0 Å². The number of rotatable bonds is 0. The molecule has 0 aliphatic rings. The van der Waals surface area contributed by atoms with Gasteiger partial charge in [-0.2, -0.15) is 0 Å². The number of aromatic nitrogens is 2. The monoisotopic (exact) mass is 194 g/mol. The number of benzene rings is 1. The summed E-state index contributed by atoms with van der Waals surface area (Å²) in [6.45, 7) is 0. The van der Waals surface area contributed by atoms with Gasteiger partial charge in [-0.3, -0.25) is 9.97 Å². The predicted molar refractivity (Wildman–Crippen MR) is 59.8 cm³/mol. The van der Waals surface area contributed by atoms with Crippen LogP contribution < -0.4 is 5.73 Å². The zero-order valence-corrected chi connectivity index (χ0v) is 7.94. The van der Waals surface area contributed by atoms with E-state index in [0.717, 1.165) is 21.8 Å². The molecule has 3 rings (SSSR count). The van der Waals surface area contributed by atoms with Crippen LogP contribution in [0.25, 0.3) is 21.8 Å². The van der Waals surface area contributed by atoms with E-state index in [0.29, 0.717) is 5.69 Å². The van der Waals surface area contributed by atoms with E-state index in [-0.39, 0.29) is 0 Å². The molecular weight excluding hydrogens is 186 g/mol. The molecule has 2 heterocycles. The lowest BCUT2D eigenvalue weighted by Gasteiger charge is -2.03. The molecule has 0 spiro atoms. The molecule has 71 valence electrons. The van der Waals surface area contributed by atoms with Crippen molar-refractivity contribution < 1.29 is 0 Å². The molecule has 0 fully saturated rings. The Morgan fingerprint density at radius 1 is 0.933 bits per heavy atom. The van der Waals surface area contributed by atoms with E-state index in [4.69, 9.17) is 5.73 Å². The lowest BCUT2D eigenvalue weighted by molar-refractivity contribution is 1.37. The maximum atomic E-state index is 7.88. The van der Waals surface area contributed by atoms with E-state index in [1.54, 1.807) is 12.4 Å². The second-order valence-corrected chi connectivity index (χ2v) is 3.40. The zero-order chi connectivity index (χ0) is 10.3. The Hall–Kier alpha value is -2.16. The molecule has 0 aliphatic carbocycles. The molecule has 0 aliphatic heterocycles. The summed E-state index contributed by atoms with van der Waals surface area (Å²) in [5, 5.41) is 1.82. The van der Waals surface area contributed by atoms with Crippen LogP contribution in [0.4, 0.5) is 5.69 Å². The summed E-state index contributed by atoms with van der Waals surface area (Å²) in [6.07, 6.45) is 3.48. The fraction of sp³-hybridized carbons (Fsp3) is 0. The zero-order valence-electron chi connectivity index (χ0n) is 7.94. The summed E-state index contributed by atoms with van der Waals surface area (Å²) < 4.78 is 0. The third-order valence-electron chi connectivity index (χ3n) is 2.46. The smallest absolute Gasteiger partial charge is 0.0985 e. The summed E-state index contributed by atoms with van der Waals surface area (Å²) in [7, 11) is 0. The minimum Gasteiger partial charge on any atom is -0.300 e. The average molecular weight is 194 g/mol. The third-order valence-corrected chi connectivity index (χ3v) is 2.46. The van der Waals surface area contributed by atoms with E-state index in [2.05, 4.69) is 9.97 Å². The van der Waals surface area contributed by atoms with Crippen molar-refractivity contribution in [3.63, 3.8) is 0 Å². The first-order valence-corrected chi connectivity index (χ1v) is 4.70. The highest BCUT2D eigenvalue weighted by molar-refractivity contribution is 6.07. The predicted octanol–water partition coefficient (Wildman–Crippen LogP) is 2.70. The summed E-state index contributed by atoms with van der Waals surface area (Å²) in [6, 6.07) is 9.39. The highest BCUT2D eigenvalue weighted by atomic mass is 14.7. The van der Waals surface area contributed by atoms with Gasteiger partial charge >= 0.3 is 0 Å². The third kappa shape index (κ3) is 1.13. The number of pyridine rings is 2. The number of hydrogen-bond donors (Lipinski definition) is 0. The van der Waals surface area contributed by atoms with Gasteiger partial charge in [0.1, 0.15) is 0 Å². The molecule has 0 atom stereocenters. The molecule has 0 unspecified atom stereocenters. The van der Waals surface area contributed by atoms with Crippen molar-refractivity contribution in [1.29, 1.82) is 0 Å². The van der Waals surface area contributed by atoms with Gasteiger partial charge in [0.2, 0.25) is 0 Å². The largest absolute Gasteiger partial charge is 0.300 e. The lowest BCUT2D eigenvalue weighted by atomic mass is 10.1. The molecular formula is C12H8N3. The fourth-order valence-electron chi connectivity index (χ4n) is 1.78. The minimum absolute atomic E-state index is 0.499. The Morgan fingerprint density at radius 3 is 2.53 bits per heavy atom. The standard InChI is InChI=1S/C12H8N3/c13-10-7-8-3-1-5-14-11(8)12-9(10)4-2-6-15-12/h1-7,13H. The molecule has 0 saturated carbocycles. The first-order valence-electron chi connectivity index (χ1n) is 4.70. The van der Waals surface area contributed by atoms with Crippen molar-refractivity contribution in [2.24, 2.45) is 0 Å². The van der Waals surface area contributed by atoms with Gasteiger partial charge in [-0.05, 0) is 24.3 Å². The highest BCUT2D eigenvalue weighted by Gasteiger charge is 2.05. The van der Waals surface area contributed by atoms with Gasteiger partial charge in [0.25, 0.3) is 0 Å². The van der Waals surface area contributed by atoms with Crippen LogP contribution in [0.2, 0.25) is 0 Å². The first kappa shape index (κ1) is 8.17. The quantitative estimate of drug-likeness (QED) is 0.516. The summed E-state index contributed by atoms with van der Waals surface area (Å²) in [5.74, 6) is 0. The highest BCUT2D eigenvalue weighted by Crippen LogP contribution is 2.27. The van der Waals surface area contributed by atoms with Crippen LogP contribution in [-0.2, 0) is 0 Å². The first-order chi connectivity index (χ1) is 7.36. The maximum absolute atomic E-state index is 7.88. The molecule has 3 heteroatoms. The van der Waals surface area contributed by atoms with Crippen LogP contribution in [0.1, 0.15) is 0 Å². The topological polar surface area (TPSA) is 49.6 Å². The van der Waals surface area contributed by atoms with Crippen LogP contribution in [0.15, 0.2) is 42.7 Å². The van der Waals surface area contributed by atoms with Crippen LogP contribution in [0.5, 0.6) is 0 Å². The van der Waals surface area contributed by atoms with Gasteiger partial charge < -0.3 is 5.73 Å². The van der Waals surface area contributed by atoms with Gasteiger partial charge in [0, 0.05) is 23.2 Å². The van der Waals surface area contributed by atoms with Crippen LogP contribution in [0.3, 0.4) is 0 Å². The summed E-state index contributed by atoms with van der Waals surface area (Å²) in [4.78, 5) is 8.59. The van der Waals surface area contributed by atoms with Crippen molar-refractivity contribution in [1.82, 2.24) is 15.7 Å². The summed E-state index contributed by atoms with van der Waals surface area (Å²) in [5.41, 5.74) is 10.0. The summed E-state index contributed by atoms with van der Waals surface area (Å²) >= 11 is 0. The van der Waals surface area contributed by atoms with Crippen LogP contribution in [0, 0.1) is 0 Å². The number of hydrogen-bond acceptors (Lipinski definition) is 2. The van der Waals surface area contributed by atoms with E-state index >= 15 is 0 Å². The minimum atomic E-state index is 0.499. The van der Waals surface area contributed by atoms with E-state index in [1.165, 1.54) is 0 Å². The number of fused-ring (bicyclic) bond motifs is 3. The molecule has 1 N–H and O–H groups in total. The second kappa shape index (κ2) is 2.92. The van der Waals surface area contributed by atoms with Crippen LogP contribution in [-0.4, -0.2) is 9.97 Å². The SMILES string of the molecule is [NH]c1cc2cccnc2c2ncccc12. The van der Waals surface area contributed by atoms with Crippen molar-refractivity contribution >= 4 is 27.5 Å². The molecule has 0 saturated heterocycles. The van der Waals surface area contributed by atoms with E-state index in [9.17, 15) is 0 Å². The van der Waals surface area contributed by atoms with Gasteiger partial charge in [-0.1, -0.05) is 6.07 Å². The fourth-order valence-corrected chi connectivity index (χ4v) is 1.78. The normalized spacial score (nSPS) is 10.9. The Labute approximate surface area is 86.6 Å². The average Bonchev–Trinajstić information content (AvgIpc) is 2.30. The van der Waals surface area contributed by atoms with Crippen LogP contribution >= 0.6 is 0 Å². The Bertz CT molecular complexity index is 646. The van der Waals surface area contributed by atoms with Gasteiger partial charge in [-0.15, -0.1) is 0 Å². The molecule has 0 bridgehead atoms. The van der Waals surface area contributed by atoms with E-state index < -0.39 is 0 Å². The van der Waals surface area contributed by atoms with Crippen molar-refractivity contribution in [2.75, 3.05) is 0 Å². The van der Waals surface area contributed by atoms with Crippen molar-refractivity contribution in [3.05, 3.63) is 42.7 Å². The molecule has 1 radical (unpaired) electrons. The van der Waals surface area contributed by atoms with Gasteiger partial charge in [0.05, 0.1) is 16.7 Å². The van der Waals surface area contributed by atoms with Crippen molar-refractivity contribution in [3.8, 4) is 0 Å². The Balaban J connectivity index is 2.64. The molecule has 1 aromatic carbocycles. The Morgan fingerprint density at radius 2 is 1.67 bits per heavy atom.